The second kappa shape index (κ2) is 10.3. The number of amides is 2. The number of nitrogens with one attached hydrogen (secondary N) is 3. The summed E-state index contributed by atoms with van der Waals surface area (Å²) in [6.45, 7) is 2.20. The summed E-state index contributed by atoms with van der Waals surface area (Å²) < 4.78 is 45.1. The fraction of sp³-hybridized carbons (Fsp3) is 0.280. The lowest BCUT2D eigenvalue weighted by atomic mass is 9.96. The van der Waals surface area contributed by atoms with E-state index in [1.807, 2.05) is 0 Å². The Balaban J connectivity index is 1.38. The van der Waals surface area contributed by atoms with Gasteiger partial charge in [-0.3, -0.25) is 9.59 Å². The third-order valence-electron chi connectivity index (χ3n) is 5.77. The van der Waals surface area contributed by atoms with Crippen LogP contribution in [0.5, 0.6) is 0 Å². The molecule has 2 amide bonds. The van der Waals surface area contributed by atoms with Crippen LogP contribution in [0.2, 0.25) is 0 Å². The number of carbonyl (C=O) groups excluding carboxylic acids is 2. The van der Waals surface area contributed by atoms with Crippen molar-refractivity contribution in [2.24, 2.45) is 0 Å². The molecule has 0 bridgehead atoms. The number of aryl methyl sites for hydroxylation is 1. The van der Waals surface area contributed by atoms with E-state index in [4.69, 9.17) is 4.74 Å². The number of hydrogen-bond donors (Lipinski definition) is 3. The summed E-state index contributed by atoms with van der Waals surface area (Å²) in [5, 5.41) is 8.35. The van der Waals surface area contributed by atoms with Gasteiger partial charge in [0.15, 0.2) is 0 Å². The Morgan fingerprint density at radius 3 is 2.39 bits per heavy atom. The molecule has 4 rings (SSSR count). The largest absolute Gasteiger partial charge is 0.418 e. The van der Waals surface area contributed by atoms with Crippen LogP contribution in [0.3, 0.4) is 0 Å². The number of aromatic nitrogens is 2. The van der Waals surface area contributed by atoms with Gasteiger partial charge in [0.1, 0.15) is 11.4 Å². The van der Waals surface area contributed by atoms with E-state index in [-0.39, 0.29) is 24.4 Å². The molecule has 0 saturated carbocycles. The Hall–Kier alpha value is -3.99. The molecule has 8 nitrogen and oxygen atoms in total. The van der Waals surface area contributed by atoms with Crippen molar-refractivity contribution in [2.45, 2.75) is 31.6 Å². The van der Waals surface area contributed by atoms with E-state index in [0.717, 1.165) is 11.6 Å². The molecular weight excluding hydrogens is 475 g/mol. The normalized spacial score (nSPS) is 17.4. The molecule has 36 heavy (non-hydrogen) atoms. The minimum absolute atomic E-state index is 0.0266. The first-order chi connectivity index (χ1) is 17.2. The monoisotopic (exact) mass is 499 g/mol. The molecule has 2 aromatic carbocycles. The Bertz CT molecular complexity index is 1220. The van der Waals surface area contributed by atoms with Gasteiger partial charge in [-0.25, -0.2) is 9.97 Å². The summed E-state index contributed by atoms with van der Waals surface area (Å²) in [6.07, 6.45) is -1.39. The maximum Gasteiger partial charge on any atom is 0.418 e. The topological polar surface area (TPSA) is 105 Å². The van der Waals surface area contributed by atoms with E-state index in [0.29, 0.717) is 24.5 Å². The molecule has 1 unspecified atom stereocenters. The summed E-state index contributed by atoms with van der Waals surface area (Å²) in [6, 6.07) is 11.9. The lowest BCUT2D eigenvalue weighted by molar-refractivity contribution is -0.137. The molecule has 1 atom stereocenters. The number of ether oxygens (including phenoxy) is 1. The number of hydrogen-bond acceptors (Lipinski definition) is 6. The first-order valence-electron chi connectivity index (χ1n) is 11.2. The number of nitrogens with zero attached hydrogens (tertiary/aromatic N) is 2. The highest BCUT2D eigenvalue weighted by Crippen LogP contribution is 2.35. The van der Waals surface area contributed by atoms with Gasteiger partial charge >= 0.3 is 6.18 Å². The van der Waals surface area contributed by atoms with E-state index in [1.165, 1.54) is 30.6 Å². The molecule has 1 fully saturated rings. The quantitative estimate of drug-likeness (QED) is 0.457. The van der Waals surface area contributed by atoms with E-state index < -0.39 is 29.1 Å². The lowest BCUT2D eigenvalue weighted by Crippen LogP contribution is -2.59. The molecule has 3 N–H and O–H groups in total. The van der Waals surface area contributed by atoms with Crippen molar-refractivity contribution < 1.29 is 27.5 Å². The number of halogens is 3. The van der Waals surface area contributed by atoms with Crippen molar-refractivity contribution in [3.63, 3.8) is 0 Å². The third kappa shape index (κ3) is 5.80. The highest BCUT2D eigenvalue weighted by molar-refractivity contribution is 5.99. The van der Waals surface area contributed by atoms with Crippen molar-refractivity contribution >= 4 is 23.2 Å². The van der Waals surface area contributed by atoms with Crippen LogP contribution >= 0.6 is 0 Å². The average Bonchev–Trinajstić information content (AvgIpc) is 3.33. The minimum atomic E-state index is -4.48. The van der Waals surface area contributed by atoms with Crippen LogP contribution in [-0.4, -0.2) is 40.5 Å². The number of alkyl halides is 3. The van der Waals surface area contributed by atoms with Gasteiger partial charge in [0, 0.05) is 37.7 Å². The molecule has 1 saturated heterocycles. The number of anilines is 2. The van der Waals surface area contributed by atoms with Gasteiger partial charge in [-0.05, 0) is 36.8 Å². The highest BCUT2D eigenvalue weighted by atomic mass is 19.4. The van der Waals surface area contributed by atoms with Crippen LogP contribution in [0.15, 0.2) is 60.9 Å². The van der Waals surface area contributed by atoms with Crippen molar-refractivity contribution in [2.75, 3.05) is 18.5 Å². The lowest BCUT2D eigenvalue weighted by Gasteiger charge is -2.27. The summed E-state index contributed by atoms with van der Waals surface area (Å²) in [4.78, 5) is 33.7. The first-order valence-corrected chi connectivity index (χ1v) is 11.2. The third-order valence-corrected chi connectivity index (χ3v) is 5.77. The van der Waals surface area contributed by atoms with E-state index >= 15 is 0 Å². The summed E-state index contributed by atoms with van der Waals surface area (Å²) in [5.74, 6) is -0.359. The van der Waals surface area contributed by atoms with Crippen LogP contribution in [0, 0.1) is 6.92 Å². The van der Waals surface area contributed by atoms with E-state index in [2.05, 4.69) is 25.9 Å². The zero-order valence-corrected chi connectivity index (χ0v) is 19.4. The van der Waals surface area contributed by atoms with Gasteiger partial charge in [0.2, 0.25) is 5.91 Å². The Morgan fingerprint density at radius 2 is 1.75 bits per heavy atom. The molecule has 2 heterocycles. The second-order valence-corrected chi connectivity index (χ2v) is 8.41. The molecule has 0 radical (unpaired) electrons. The maximum absolute atomic E-state index is 13.2. The van der Waals surface area contributed by atoms with Gasteiger partial charge in [-0.2, -0.15) is 13.2 Å². The van der Waals surface area contributed by atoms with Crippen molar-refractivity contribution in [1.29, 1.82) is 0 Å². The Labute approximate surface area is 205 Å². The smallest absolute Gasteiger partial charge is 0.378 e. The predicted octanol–water partition coefficient (Wildman–Crippen LogP) is 3.75. The van der Waals surface area contributed by atoms with Crippen LogP contribution in [0.25, 0.3) is 0 Å². The molecule has 1 aliphatic heterocycles. The van der Waals surface area contributed by atoms with Crippen LogP contribution in [0.4, 0.5) is 24.5 Å². The molecule has 0 aliphatic carbocycles. The molecule has 1 aliphatic rings. The molecular formula is C25H24F3N5O3. The van der Waals surface area contributed by atoms with Gasteiger partial charge in [-0.15, -0.1) is 0 Å². The zero-order valence-electron chi connectivity index (χ0n) is 19.4. The molecule has 11 heteroatoms. The molecule has 1 aromatic heterocycles. The number of carbonyl (C=O) groups is 2. The number of benzene rings is 2. The summed E-state index contributed by atoms with van der Waals surface area (Å²) in [7, 11) is 0. The second-order valence-electron chi connectivity index (χ2n) is 8.41. The number of rotatable bonds is 7. The standard InChI is InChI=1S/C25H24F3N5O3/c1-16-29-13-18(14-30-16)22(34)33-24(10-11-36-15-24)23(35)31-12-17-6-8-19(9-7-17)32-21-5-3-2-4-20(21)25(26,27)28/h2-9,13-14,32H,10-12,15H2,1H3,(H,31,35)(H,33,34). The van der Waals surface area contributed by atoms with Crippen LogP contribution < -0.4 is 16.0 Å². The molecule has 188 valence electrons. The van der Waals surface area contributed by atoms with Crippen LogP contribution in [-0.2, 0) is 22.3 Å². The summed E-state index contributed by atoms with van der Waals surface area (Å²) >= 11 is 0. The maximum atomic E-state index is 13.2. The first kappa shape index (κ1) is 25.1. The van der Waals surface area contributed by atoms with Crippen LogP contribution in [0.1, 0.15) is 33.7 Å². The van der Waals surface area contributed by atoms with Gasteiger partial charge in [0.05, 0.1) is 23.4 Å². The average molecular weight is 499 g/mol. The SMILES string of the molecule is Cc1ncc(C(=O)NC2(C(=O)NCc3ccc(Nc4ccccc4C(F)(F)F)cc3)CCOC2)cn1. The Kier molecular flexibility index (Phi) is 7.20. The van der Waals surface area contributed by atoms with E-state index in [1.54, 1.807) is 31.2 Å². The van der Waals surface area contributed by atoms with Crippen molar-refractivity contribution in [3.05, 3.63) is 83.4 Å². The van der Waals surface area contributed by atoms with Gasteiger partial charge in [-0.1, -0.05) is 24.3 Å². The van der Waals surface area contributed by atoms with Crippen molar-refractivity contribution in [1.82, 2.24) is 20.6 Å². The molecule has 0 spiro atoms. The fourth-order valence-corrected chi connectivity index (χ4v) is 3.75. The van der Waals surface area contributed by atoms with Crippen molar-refractivity contribution in [3.8, 4) is 0 Å². The predicted molar refractivity (Wildman–Crippen MR) is 125 cm³/mol. The zero-order chi connectivity index (χ0) is 25.8. The van der Waals surface area contributed by atoms with Gasteiger partial charge in [0.25, 0.3) is 5.91 Å². The highest BCUT2D eigenvalue weighted by Gasteiger charge is 2.43. The fourth-order valence-electron chi connectivity index (χ4n) is 3.75. The molecule has 3 aromatic rings. The van der Waals surface area contributed by atoms with Gasteiger partial charge < -0.3 is 20.7 Å². The Morgan fingerprint density at radius 1 is 1.06 bits per heavy atom. The minimum Gasteiger partial charge on any atom is -0.378 e. The number of para-hydroxylation sites is 1. The summed E-state index contributed by atoms with van der Waals surface area (Å²) in [5.41, 5.74) is -0.617. The van der Waals surface area contributed by atoms with E-state index in [9.17, 15) is 22.8 Å².